The summed E-state index contributed by atoms with van der Waals surface area (Å²) in [7, 11) is 0. The monoisotopic (exact) mass is 543 g/mol. The fraction of sp³-hybridized carbons (Fsp3) is 0.720. The fourth-order valence-electron chi connectivity index (χ4n) is 6.08. The van der Waals surface area contributed by atoms with Gasteiger partial charge in [0.1, 0.15) is 35.0 Å². The Hall–Kier alpha value is -2.11. The lowest BCUT2D eigenvalue weighted by atomic mass is 9.85. The number of ether oxygens (including phenoxy) is 2. The molecule has 204 valence electrons. The summed E-state index contributed by atoms with van der Waals surface area (Å²) in [5.41, 5.74) is -0.585. The average Bonchev–Trinajstić information content (AvgIpc) is 3.52. The lowest BCUT2D eigenvalue weighted by Gasteiger charge is -2.47. The molecule has 1 amide bonds. The molecule has 12 heteroatoms. The zero-order valence-electron chi connectivity index (χ0n) is 21.3. The largest absolute Gasteiger partial charge is 0.444 e. The number of carbonyl (C=O) groups is 1. The van der Waals surface area contributed by atoms with Gasteiger partial charge in [-0.25, -0.2) is 14.8 Å². The van der Waals surface area contributed by atoms with Crippen molar-refractivity contribution in [1.29, 1.82) is 0 Å². The molecule has 5 rings (SSSR count). The molecular formula is C25H33ClF3N5O3. The van der Waals surface area contributed by atoms with E-state index in [2.05, 4.69) is 9.97 Å². The Bertz CT molecular complexity index is 1140. The van der Waals surface area contributed by atoms with Crippen molar-refractivity contribution >= 4 is 28.7 Å². The summed E-state index contributed by atoms with van der Waals surface area (Å²) in [6, 6.07) is 0.310. The van der Waals surface area contributed by atoms with Gasteiger partial charge < -0.3 is 18.9 Å². The number of hydrogen-bond donors (Lipinski definition) is 0. The van der Waals surface area contributed by atoms with Gasteiger partial charge in [0, 0.05) is 31.4 Å². The molecule has 1 spiro atoms. The fourth-order valence-corrected chi connectivity index (χ4v) is 6.27. The number of aromatic nitrogens is 3. The van der Waals surface area contributed by atoms with Crippen LogP contribution in [0.2, 0.25) is 5.15 Å². The maximum absolute atomic E-state index is 14.1. The van der Waals surface area contributed by atoms with Gasteiger partial charge in [0.2, 0.25) is 0 Å². The summed E-state index contributed by atoms with van der Waals surface area (Å²) in [5, 5.41) is 1.06. The summed E-state index contributed by atoms with van der Waals surface area (Å²) in [6.07, 6.45) is 0.590. The molecule has 2 aromatic rings. The highest BCUT2D eigenvalue weighted by Crippen LogP contribution is 2.47. The number of carbonyl (C=O) groups excluding carboxylic acids is 1. The molecule has 5 heterocycles. The van der Waals surface area contributed by atoms with Gasteiger partial charge in [0.15, 0.2) is 0 Å². The third-order valence-electron chi connectivity index (χ3n) is 7.85. The molecular weight excluding hydrogens is 511 g/mol. The Morgan fingerprint density at radius 3 is 2.57 bits per heavy atom. The number of halogens is 4. The maximum atomic E-state index is 14.1. The molecule has 3 saturated heterocycles. The van der Waals surface area contributed by atoms with E-state index in [0.29, 0.717) is 61.4 Å². The number of alkyl halides is 3. The first-order chi connectivity index (χ1) is 17.4. The molecule has 0 radical (unpaired) electrons. The minimum atomic E-state index is -4.33. The van der Waals surface area contributed by atoms with Crippen LogP contribution in [0.4, 0.5) is 18.0 Å². The van der Waals surface area contributed by atoms with E-state index in [-0.39, 0.29) is 25.3 Å². The molecule has 2 unspecified atom stereocenters. The van der Waals surface area contributed by atoms with Gasteiger partial charge in [0.05, 0.1) is 11.5 Å². The van der Waals surface area contributed by atoms with Crippen molar-refractivity contribution in [3.8, 4) is 0 Å². The molecule has 3 aliphatic heterocycles. The van der Waals surface area contributed by atoms with Gasteiger partial charge in [-0.2, -0.15) is 13.2 Å². The van der Waals surface area contributed by atoms with Gasteiger partial charge in [-0.1, -0.05) is 11.6 Å². The topological polar surface area (TPSA) is 72.7 Å². The molecule has 0 bridgehead atoms. The van der Waals surface area contributed by atoms with Crippen LogP contribution < -0.4 is 0 Å². The van der Waals surface area contributed by atoms with Crippen LogP contribution >= 0.6 is 11.6 Å². The van der Waals surface area contributed by atoms with Crippen LogP contribution in [0, 0.1) is 0 Å². The van der Waals surface area contributed by atoms with E-state index in [1.54, 1.807) is 30.6 Å². The Labute approximate surface area is 219 Å². The van der Waals surface area contributed by atoms with Crippen molar-refractivity contribution in [2.24, 2.45) is 0 Å². The van der Waals surface area contributed by atoms with E-state index in [1.165, 1.54) is 6.33 Å². The van der Waals surface area contributed by atoms with Crippen molar-refractivity contribution in [2.45, 2.75) is 95.0 Å². The van der Waals surface area contributed by atoms with Gasteiger partial charge in [-0.3, -0.25) is 4.90 Å². The molecule has 0 aromatic carbocycles. The number of fused-ring (bicyclic) bond motifs is 1. The number of piperidine rings is 1. The minimum Gasteiger partial charge on any atom is -0.444 e. The van der Waals surface area contributed by atoms with Gasteiger partial charge in [-0.05, 0) is 65.4 Å². The Morgan fingerprint density at radius 1 is 1.16 bits per heavy atom. The molecule has 37 heavy (non-hydrogen) atoms. The van der Waals surface area contributed by atoms with Crippen molar-refractivity contribution in [3.05, 3.63) is 23.7 Å². The summed E-state index contributed by atoms with van der Waals surface area (Å²) >= 11 is 6.17. The van der Waals surface area contributed by atoms with Crippen LogP contribution in [0.5, 0.6) is 0 Å². The highest BCUT2D eigenvalue weighted by molar-refractivity contribution is 6.33. The molecule has 0 aliphatic carbocycles. The molecule has 3 fully saturated rings. The number of rotatable bonds is 3. The minimum absolute atomic E-state index is 0.0593. The zero-order chi connectivity index (χ0) is 26.6. The van der Waals surface area contributed by atoms with Crippen LogP contribution in [0.1, 0.15) is 65.5 Å². The highest BCUT2D eigenvalue weighted by atomic mass is 35.5. The van der Waals surface area contributed by atoms with E-state index in [4.69, 9.17) is 21.1 Å². The number of hydrogen-bond acceptors (Lipinski definition) is 6. The third-order valence-corrected chi connectivity index (χ3v) is 8.15. The zero-order valence-corrected chi connectivity index (χ0v) is 22.1. The molecule has 2 aromatic heterocycles. The summed E-state index contributed by atoms with van der Waals surface area (Å²) in [5.74, 6) is 0. The predicted molar refractivity (Wildman–Crippen MR) is 131 cm³/mol. The van der Waals surface area contributed by atoms with E-state index >= 15 is 0 Å². The van der Waals surface area contributed by atoms with Crippen molar-refractivity contribution in [1.82, 2.24) is 24.3 Å². The number of nitrogens with zero attached hydrogens (tertiary/aromatic N) is 5. The summed E-state index contributed by atoms with van der Waals surface area (Å²) in [4.78, 5) is 24.1. The van der Waals surface area contributed by atoms with E-state index < -0.39 is 29.5 Å². The van der Waals surface area contributed by atoms with Crippen LogP contribution in [0.3, 0.4) is 0 Å². The first-order valence-electron chi connectivity index (χ1n) is 12.8. The Balaban J connectivity index is 1.29. The second-order valence-corrected chi connectivity index (χ2v) is 11.7. The second-order valence-electron chi connectivity index (χ2n) is 11.4. The normalized spacial score (nSPS) is 26.9. The lowest BCUT2D eigenvalue weighted by molar-refractivity contribution is -0.192. The maximum Gasteiger partial charge on any atom is 0.410 e. The van der Waals surface area contributed by atoms with Crippen molar-refractivity contribution < 1.29 is 27.4 Å². The average molecular weight is 544 g/mol. The first kappa shape index (κ1) is 26.5. The van der Waals surface area contributed by atoms with Crippen LogP contribution in [-0.4, -0.2) is 79.5 Å². The molecule has 0 N–H and O–H groups in total. The highest BCUT2D eigenvalue weighted by Gasteiger charge is 2.57. The van der Waals surface area contributed by atoms with E-state index in [0.717, 1.165) is 0 Å². The molecule has 3 atom stereocenters. The smallest absolute Gasteiger partial charge is 0.410 e. The summed E-state index contributed by atoms with van der Waals surface area (Å²) in [6.45, 7) is 6.35. The predicted octanol–water partition coefficient (Wildman–Crippen LogP) is 5.56. The quantitative estimate of drug-likeness (QED) is 0.472. The molecule has 0 saturated carbocycles. The van der Waals surface area contributed by atoms with Crippen molar-refractivity contribution in [3.63, 3.8) is 0 Å². The van der Waals surface area contributed by atoms with Gasteiger partial charge in [0.25, 0.3) is 0 Å². The number of amides is 1. The first-order valence-corrected chi connectivity index (χ1v) is 13.2. The Kier molecular flexibility index (Phi) is 6.85. The SMILES string of the molecule is CC(C)(C)OC(=O)N1CCC2(CCC(C(F)(F)F)N2C[C@@H]2CCC(n3ccc4c(Cl)ncnc43)O2)CC1. The van der Waals surface area contributed by atoms with E-state index in [1.807, 2.05) is 16.8 Å². The summed E-state index contributed by atoms with van der Waals surface area (Å²) < 4.78 is 56.0. The number of likely N-dealkylation sites (tertiary alicyclic amines) is 2. The van der Waals surface area contributed by atoms with Crippen molar-refractivity contribution in [2.75, 3.05) is 19.6 Å². The second kappa shape index (κ2) is 9.57. The molecule has 3 aliphatic rings. The van der Waals surface area contributed by atoms with Gasteiger partial charge >= 0.3 is 12.3 Å². The van der Waals surface area contributed by atoms with Gasteiger partial charge in [-0.15, -0.1) is 0 Å². The van der Waals surface area contributed by atoms with Crippen LogP contribution in [0.25, 0.3) is 11.0 Å². The van der Waals surface area contributed by atoms with Crippen LogP contribution in [0.15, 0.2) is 18.6 Å². The lowest BCUT2D eigenvalue weighted by Crippen LogP contribution is -2.59. The standard InChI is InChI=1S/C25H33ClF3N5O3/c1-23(2,3)37-22(35)32-12-9-24(10-13-32)8-6-18(25(27,28)29)34(24)14-16-4-5-19(36-16)33-11-7-17-20(26)30-15-31-21(17)33/h7,11,15-16,18-19H,4-6,8-10,12-14H2,1-3H3/t16-,18?,19?/m0/s1. The molecule has 8 nitrogen and oxygen atoms in total. The Morgan fingerprint density at radius 2 is 1.89 bits per heavy atom. The van der Waals surface area contributed by atoms with Crippen LogP contribution in [-0.2, 0) is 9.47 Å². The van der Waals surface area contributed by atoms with E-state index in [9.17, 15) is 18.0 Å². The third kappa shape index (κ3) is 5.27.